The van der Waals surface area contributed by atoms with Crippen LogP contribution in [0.2, 0.25) is 0 Å². The van der Waals surface area contributed by atoms with Crippen LogP contribution >= 0.6 is 0 Å². The van der Waals surface area contributed by atoms with E-state index >= 15 is 0 Å². The minimum absolute atomic E-state index is 0.00569. The molecule has 1 aliphatic rings. The topological polar surface area (TPSA) is 46.9 Å². The zero-order chi connectivity index (χ0) is 12.8. The molecular formula is C14H21N3O. The molecule has 0 spiro atoms. The van der Waals surface area contributed by atoms with Gasteiger partial charge in [-0.15, -0.1) is 0 Å². The molecule has 0 saturated heterocycles. The summed E-state index contributed by atoms with van der Waals surface area (Å²) in [7, 11) is 0. The Kier molecular flexibility index (Phi) is 4.56. The Bertz CT molecular complexity index is 416. The lowest BCUT2D eigenvalue weighted by Gasteiger charge is -2.21. The van der Waals surface area contributed by atoms with Crippen molar-refractivity contribution in [3.8, 4) is 0 Å². The first-order valence-corrected chi connectivity index (χ1v) is 6.79. The summed E-state index contributed by atoms with van der Waals surface area (Å²) in [6.07, 6.45) is 13.1. The maximum Gasteiger partial charge on any atom is 0.244 e. The van der Waals surface area contributed by atoms with Crippen LogP contribution in [0.15, 0.2) is 18.5 Å². The summed E-state index contributed by atoms with van der Waals surface area (Å²) in [6.45, 7) is 2.89. The van der Waals surface area contributed by atoms with Gasteiger partial charge in [-0.2, -0.15) is 5.10 Å². The van der Waals surface area contributed by atoms with Crippen LogP contribution in [0.4, 0.5) is 0 Å². The summed E-state index contributed by atoms with van der Waals surface area (Å²) in [5, 5.41) is 7.22. The van der Waals surface area contributed by atoms with Crippen molar-refractivity contribution >= 4 is 12.0 Å². The van der Waals surface area contributed by atoms with E-state index in [4.69, 9.17) is 0 Å². The van der Waals surface area contributed by atoms with E-state index in [0.717, 1.165) is 24.9 Å². The second kappa shape index (κ2) is 6.38. The van der Waals surface area contributed by atoms with Crippen LogP contribution in [0, 0.1) is 0 Å². The predicted molar refractivity (Wildman–Crippen MR) is 72.0 cm³/mol. The Balaban J connectivity index is 1.82. The first kappa shape index (κ1) is 12.9. The lowest BCUT2D eigenvalue weighted by Crippen LogP contribution is -2.34. The Morgan fingerprint density at radius 3 is 2.94 bits per heavy atom. The molecular weight excluding hydrogens is 226 g/mol. The summed E-state index contributed by atoms with van der Waals surface area (Å²) < 4.78 is 1.85. The highest BCUT2D eigenvalue weighted by Crippen LogP contribution is 2.17. The van der Waals surface area contributed by atoms with E-state index in [1.807, 2.05) is 23.9 Å². The van der Waals surface area contributed by atoms with Crippen LogP contribution in [-0.2, 0) is 11.3 Å². The summed E-state index contributed by atoms with van der Waals surface area (Å²) in [5.74, 6) is 0.00569. The molecule has 2 rings (SSSR count). The second-order valence-electron chi connectivity index (χ2n) is 4.81. The second-order valence-corrected chi connectivity index (χ2v) is 4.81. The zero-order valence-corrected chi connectivity index (χ0v) is 10.9. The lowest BCUT2D eigenvalue weighted by atomic mass is 9.95. The molecule has 1 aromatic rings. The summed E-state index contributed by atoms with van der Waals surface area (Å²) in [4.78, 5) is 11.7. The average Bonchev–Trinajstić information content (AvgIpc) is 2.85. The molecule has 1 heterocycles. The Morgan fingerprint density at radius 2 is 2.28 bits per heavy atom. The molecule has 1 aliphatic carbocycles. The van der Waals surface area contributed by atoms with Crippen molar-refractivity contribution in [2.24, 2.45) is 0 Å². The van der Waals surface area contributed by atoms with Crippen LogP contribution in [0.3, 0.4) is 0 Å². The molecule has 1 N–H and O–H groups in total. The minimum atomic E-state index is 0.00569. The van der Waals surface area contributed by atoms with Gasteiger partial charge in [-0.05, 0) is 25.8 Å². The van der Waals surface area contributed by atoms with Crippen LogP contribution < -0.4 is 5.32 Å². The molecule has 1 amide bonds. The third-order valence-electron chi connectivity index (χ3n) is 3.36. The molecule has 4 nitrogen and oxygen atoms in total. The van der Waals surface area contributed by atoms with Crippen LogP contribution in [0.1, 0.15) is 44.6 Å². The molecule has 0 aliphatic heterocycles. The van der Waals surface area contributed by atoms with E-state index in [2.05, 4.69) is 10.4 Å². The van der Waals surface area contributed by atoms with Crippen molar-refractivity contribution in [1.29, 1.82) is 0 Å². The van der Waals surface area contributed by atoms with Crippen molar-refractivity contribution in [2.75, 3.05) is 0 Å². The SMILES string of the molecule is CCn1cc(/C=C\C(=O)NC2CCCCC2)cn1. The number of carbonyl (C=O) groups is 1. The summed E-state index contributed by atoms with van der Waals surface area (Å²) in [6, 6.07) is 0.370. The number of amides is 1. The molecule has 0 radical (unpaired) electrons. The minimum Gasteiger partial charge on any atom is -0.350 e. The lowest BCUT2D eigenvalue weighted by molar-refractivity contribution is -0.117. The van der Waals surface area contributed by atoms with Gasteiger partial charge < -0.3 is 5.32 Å². The highest BCUT2D eigenvalue weighted by molar-refractivity contribution is 5.91. The molecule has 0 atom stereocenters. The fourth-order valence-corrected chi connectivity index (χ4v) is 2.31. The van der Waals surface area contributed by atoms with E-state index in [1.54, 1.807) is 12.3 Å². The molecule has 98 valence electrons. The predicted octanol–water partition coefficient (Wildman–Crippen LogP) is 2.37. The van der Waals surface area contributed by atoms with Crippen molar-refractivity contribution in [1.82, 2.24) is 15.1 Å². The van der Waals surface area contributed by atoms with E-state index < -0.39 is 0 Å². The monoisotopic (exact) mass is 247 g/mol. The zero-order valence-electron chi connectivity index (χ0n) is 10.9. The Hall–Kier alpha value is -1.58. The molecule has 18 heavy (non-hydrogen) atoms. The van der Waals surface area contributed by atoms with Crippen molar-refractivity contribution < 1.29 is 4.79 Å². The van der Waals surface area contributed by atoms with Gasteiger partial charge in [0, 0.05) is 30.4 Å². The summed E-state index contributed by atoms with van der Waals surface area (Å²) in [5.41, 5.74) is 0.968. The number of carbonyl (C=O) groups excluding carboxylic acids is 1. The molecule has 0 unspecified atom stereocenters. The molecule has 1 aromatic heterocycles. The quantitative estimate of drug-likeness (QED) is 0.830. The normalized spacial score (nSPS) is 17.2. The van der Waals surface area contributed by atoms with Crippen LogP contribution in [0.5, 0.6) is 0 Å². The number of nitrogens with one attached hydrogen (secondary N) is 1. The van der Waals surface area contributed by atoms with E-state index in [0.29, 0.717) is 6.04 Å². The molecule has 1 fully saturated rings. The van der Waals surface area contributed by atoms with Gasteiger partial charge in [-0.1, -0.05) is 19.3 Å². The maximum atomic E-state index is 11.7. The Labute approximate surface area is 108 Å². The van der Waals surface area contributed by atoms with Gasteiger partial charge in [0.25, 0.3) is 0 Å². The van der Waals surface area contributed by atoms with Crippen LogP contribution in [0.25, 0.3) is 6.08 Å². The molecule has 1 saturated carbocycles. The van der Waals surface area contributed by atoms with Gasteiger partial charge in [0.2, 0.25) is 5.91 Å². The first-order chi connectivity index (χ1) is 8.78. The number of nitrogens with zero attached hydrogens (tertiary/aromatic N) is 2. The van der Waals surface area contributed by atoms with E-state index in [1.165, 1.54) is 19.3 Å². The van der Waals surface area contributed by atoms with Gasteiger partial charge in [0.05, 0.1) is 6.20 Å². The first-order valence-electron chi connectivity index (χ1n) is 6.79. The van der Waals surface area contributed by atoms with Crippen molar-refractivity contribution in [3.63, 3.8) is 0 Å². The van der Waals surface area contributed by atoms with Gasteiger partial charge in [-0.3, -0.25) is 9.48 Å². The average molecular weight is 247 g/mol. The molecule has 0 aromatic carbocycles. The summed E-state index contributed by atoms with van der Waals surface area (Å²) >= 11 is 0. The smallest absolute Gasteiger partial charge is 0.244 e. The van der Waals surface area contributed by atoms with Gasteiger partial charge in [0.15, 0.2) is 0 Å². The third kappa shape index (κ3) is 3.72. The van der Waals surface area contributed by atoms with Gasteiger partial charge in [-0.25, -0.2) is 0 Å². The van der Waals surface area contributed by atoms with E-state index in [-0.39, 0.29) is 5.91 Å². The molecule has 4 heteroatoms. The number of hydrogen-bond donors (Lipinski definition) is 1. The number of hydrogen-bond acceptors (Lipinski definition) is 2. The highest BCUT2D eigenvalue weighted by atomic mass is 16.1. The number of rotatable bonds is 4. The van der Waals surface area contributed by atoms with Gasteiger partial charge in [0.1, 0.15) is 0 Å². The largest absolute Gasteiger partial charge is 0.350 e. The van der Waals surface area contributed by atoms with Gasteiger partial charge >= 0.3 is 0 Å². The number of aryl methyl sites for hydroxylation is 1. The van der Waals surface area contributed by atoms with Crippen molar-refractivity contribution in [2.45, 2.75) is 51.6 Å². The maximum absolute atomic E-state index is 11.7. The fourth-order valence-electron chi connectivity index (χ4n) is 2.31. The van der Waals surface area contributed by atoms with Crippen molar-refractivity contribution in [3.05, 3.63) is 24.0 Å². The van der Waals surface area contributed by atoms with E-state index in [9.17, 15) is 4.79 Å². The number of aromatic nitrogens is 2. The molecule has 0 bridgehead atoms. The third-order valence-corrected chi connectivity index (χ3v) is 3.36. The van der Waals surface area contributed by atoms with Crippen LogP contribution in [-0.4, -0.2) is 21.7 Å². The highest BCUT2D eigenvalue weighted by Gasteiger charge is 2.13. The standard InChI is InChI=1S/C14H21N3O/c1-2-17-11-12(10-15-17)8-9-14(18)16-13-6-4-3-5-7-13/h8-11,13H,2-7H2,1H3,(H,16,18)/b9-8-. The fraction of sp³-hybridized carbons (Fsp3) is 0.571. The Morgan fingerprint density at radius 1 is 1.50 bits per heavy atom.